The summed E-state index contributed by atoms with van der Waals surface area (Å²) in [6.07, 6.45) is 67.2. The van der Waals surface area contributed by atoms with Gasteiger partial charge in [0.15, 0.2) is 5.79 Å². The summed E-state index contributed by atoms with van der Waals surface area (Å²) in [5.74, 6) is -1.34. The first kappa shape index (κ1) is 57.7. The fourth-order valence-electron chi connectivity index (χ4n) is 10.9. The summed E-state index contributed by atoms with van der Waals surface area (Å²) in [6, 6.07) is 7.49. The van der Waals surface area contributed by atoms with Gasteiger partial charge >= 0.3 is 5.97 Å². The number of aromatic carboxylic acids is 1. The van der Waals surface area contributed by atoms with E-state index in [0.717, 1.165) is 44.5 Å². The van der Waals surface area contributed by atoms with Crippen molar-refractivity contribution < 1.29 is 19.4 Å². The molecule has 1 aromatic carbocycles. The second-order valence-corrected chi connectivity index (χ2v) is 21.2. The molecule has 2 saturated heterocycles. The van der Waals surface area contributed by atoms with Gasteiger partial charge in [0.25, 0.3) is 0 Å². The van der Waals surface area contributed by atoms with Gasteiger partial charge in [0.2, 0.25) is 0 Å². The number of hydrogen-bond acceptors (Lipinski definition) is 4. The minimum absolute atomic E-state index is 0.350. The Balaban J connectivity index is 1.31. The quantitative estimate of drug-likeness (QED) is 0.320. The first-order valence-corrected chi connectivity index (χ1v) is 29.5. The molecule has 0 unspecified atom stereocenters. The summed E-state index contributed by atoms with van der Waals surface area (Å²) in [7, 11) is 0. The zero-order chi connectivity index (χ0) is 45.8. The fraction of sp³-hybridized carbons (Fsp3) is 0.883. The number of carboxylic acid groups (broad SMARTS) is 1. The van der Waals surface area contributed by atoms with Gasteiger partial charge in [-0.3, -0.25) is 0 Å². The normalized spacial score (nSPS) is 23.4. The molecule has 65 heavy (non-hydrogen) atoms. The highest BCUT2D eigenvalue weighted by atomic mass is 16.7. The standard InChI is InChI=1S/C60H109NO4/c62-59(63)57-47-49-58(50-48-57)61-53-46-44-42-40-38-36-34-32-30-28-26-24-22-20-18-16-14-12-10-8-6-4-2-1-3-5-7-9-11-13-15-17-19-21-23-25-27-29-31-33-35-37-39-41-43-45-51-60(52-54-61)64-55-56-65-60/h47-50H,1-46,51-56H2,(H,62,63). The van der Waals surface area contributed by atoms with Crippen LogP contribution in [0.25, 0.3) is 0 Å². The molecule has 1 N–H and O–H groups in total. The molecule has 2 aliphatic rings. The van der Waals surface area contributed by atoms with Crippen molar-refractivity contribution in [1.82, 2.24) is 0 Å². The van der Waals surface area contributed by atoms with Gasteiger partial charge in [-0.05, 0) is 37.1 Å². The number of carboxylic acids is 1. The molecule has 2 fully saturated rings. The zero-order valence-corrected chi connectivity index (χ0v) is 43.2. The van der Waals surface area contributed by atoms with Crippen molar-refractivity contribution >= 4 is 11.7 Å². The highest BCUT2D eigenvalue weighted by molar-refractivity contribution is 5.88. The molecule has 0 aliphatic carbocycles. The van der Waals surface area contributed by atoms with Gasteiger partial charge in [0.05, 0.1) is 18.8 Å². The van der Waals surface area contributed by atoms with Gasteiger partial charge in [-0.1, -0.05) is 283 Å². The van der Waals surface area contributed by atoms with Crippen molar-refractivity contribution in [2.24, 2.45) is 0 Å². The molecular formula is C60H109NO4. The van der Waals surface area contributed by atoms with Crippen molar-refractivity contribution in [2.75, 3.05) is 31.2 Å². The van der Waals surface area contributed by atoms with Crippen molar-refractivity contribution in [3.05, 3.63) is 29.8 Å². The molecule has 1 aromatic rings. The van der Waals surface area contributed by atoms with Crippen molar-refractivity contribution in [2.45, 2.75) is 314 Å². The van der Waals surface area contributed by atoms with Crippen LogP contribution >= 0.6 is 0 Å². The van der Waals surface area contributed by atoms with E-state index in [0.29, 0.717) is 18.8 Å². The summed E-state index contributed by atoms with van der Waals surface area (Å²) in [5, 5.41) is 9.51. The molecule has 3 rings (SSSR count). The Morgan fingerprint density at radius 1 is 0.338 bits per heavy atom. The Morgan fingerprint density at radius 2 is 0.585 bits per heavy atom. The van der Waals surface area contributed by atoms with Crippen LogP contribution in [0.4, 0.5) is 5.69 Å². The number of nitrogens with zero attached hydrogens (tertiary/aromatic N) is 1. The molecule has 0 bridgehead atoms. The third-order valence-corrected chi connectivity index (χ3v) is 15.3. The third kappa shape index (κ3) is 32.7. The van der Waals surface area contributed by atoms with Crippen LogP contribution in [0.5, 0.6) is 0 Å². The van der Waals surface area contributed by atoms with Gasteiger partial charge in [-0.25, -0.2) is 4.79 Å². The second kappa shape index (κ2) is 42.5. The molecule has 5 nitrogen and oxygen atoms in total. The third-order valence-electron chi connectivity index (χ3n) is 15.3. The Bertz CT molecular complexity index is 1160. The lowest BCUT2D eigenvalue weighted by molar-refractivity contribution is -0.166. The van der Waals surface area contributed by atoms with E-state index in [2.05, 4.69) is 4.90 Å². The van der Waals surface area contributed by atoms with Gasteiger partial charge < -0.3 is 19.5 Å². The largest absolute Gasteiger partial charge is 0.478 e. The summed E-state index contributed by atoms with van der Waals surface area (Å²) >= 11 is 0. The summed E-state index contributed by atoms with van der Waals surface area (Å²) in [6.45, 7) is 3.23. The molecule has 0 amide bonds. The molecule has 0 atom stereocenters. The first-order chi connectivity index (χ1) is 32.2. The Labute approximate surface area is 404 Å². The number of carbonyl (C=O) groups is 1. The molecule has 1 spiro atoms. The number of anilines is 1. The highest BCUT2D eigenvalue weighted by Crippen LogP contribution is 2.31. The summed E-state index contributed by atoms with van der Waals surface area (Å²) in [5.41, 5.74) is 1.46. The topological polar surface area (TPSA) is 59.0 Å². The van der Waals surface area contributed by atoms with Crippen molar-refractivity contribution in [3.8, 4) is 0 Å². The fourth-order valence-corrected chi connectivity index (χ4v) is 10.9. The van der Waals surface area contributed by atoms with E-state index < -0.39 is 11.8 Å². The lowest BCUT2D eigenvalue weighted by Gasteiger charge is -2.32. The average Bonchev–Trinajstić information content (AvgIpc) is 3.79. The van der Waals surface area contributed by atoms with Crippen LogP contribution in [0.1, 0.15) is 319 Å². The average molecular weight is 909 g/mol. The molecule has 0 aromatic heterocycles. The maximum atomic E-state index is 11.6. The molecule has 378 valence electrons. The molecule has 0 saturated carbocycles. The molecule has 2 aliphatic heterocycles. The number of rotatable bonds is 2. The van der Waals surface area contributed by atoms with E-state index in [9.17, 15) is 9.90 Å². The van der Waals surface area contributed by atoms with Crippen molar-refractivity contribution in [1.29, 1.82) is 0 Å². The SMILES string of the molecule is O=C(O)c1ccc(N2CCCCCCCCCCCCCCCCCCCCCCCCCCCCCCCCCCCCCCCCCCCCCCCCC3(CC2)OCCO3)cc1. The van der Waals surface area contributed by atoms with Gasteiger partial charge in [0, 0.05) is 31.6 Å². The second-order valence-electron chi connectivity index (χ2n) is 21.2. The molecular weight excluding hydrogens is 799 g/mol. The van der Waals surface area contributed by atoms with E-state index in [1.807, 2.05) is 12.1 Å². The van der Waals surface area contributed by atoms with Crippen LogP contribution in [0.15, 0.2) is 24.3 Å². The first-order valence-electron chi connectivity index (χ1n) is 29.5. The lowest BCUT2D eigenvalue weighted by Crippen LogP contribution is -2.37. The van der Waals surface area contributed by atoms with E-state index in [1.165, 1.54) is 283 Å². The van der Waals surface area contributed by atoms with Crippen molar-refractivity contribution in [3.63, 3.8) is 0 Å². The predicted molar refractivity (Wildman–Crippen MR) is 282 cm³/mol. The zero-order valence-electron chi connectivity index (χ0n) is 43.2. The van der Waals surface area contributed by atoms with E-state index in [4.69, 9.17) is 9.47 Å². The van der Waals surface area contributed by atoms with Crippen LogP contribution in [0, 0.1) is 0 Å². The monoisotopic (exact) mass is 908 g/mol. The Hall–Kier alpha value is -1.59. The number of benzene rings is 1. The number of hydrogen-bond donors (Lipinski definition) is 1. The minimum atomic E-state index is -0.865. The van der Waals surface area contributed by atoms with E-state index in [-0.39, 0.29) is 0 Å². The minimum Gasteiger partial charge on any atom is -0.478 e. The highest BCUT2D eigenvalue weighted by Gasteiger charge is 2.36. The number of ether oxygens (including phenoxy) is 2. The maximum absolute atomic E-state index is 11.6. The van der Waals surface area contributed by atoms with E-state index >= 15 is 0 Å². The lowest BCUT2D eigenvalue weighted by atomic mass is 10.0. The van der Waals surface area contributed by atoms with E-state index in [1.54, 1.807) is 12.1 Å². The van der Waals surface area contributed by atoms with Gasteiger partial charge in [-0.2, -0.15) is 0 Å². The van der Waals surface area contributed by atoms with Crippen LogP contribution in [0.3, 0.4) is 0 Å². The van der Waals surface area contributed by atoms with Crippen LogP contribution < -0.4 is 4.90 Å². The van der Waals surface area contributed by atoms with Crippen LogP contribution in [0.2, 0.25) is 0 Å². The maximum Gasteiger partial charge on any atom is 0.335 e. The van der Waals surface area contributed by atoms with Gasteiger partial charge in [-0.15, -0.1) is 0 Å². The Morgan fingerprint density at radius 3 is 0.846 bits per heavy atom. The summed E-state index contributed by atoms with van der Waals surface area (Å²) < 4.78 is 12.7. The predicted octanol–water partition coefficient (Wildman–Crippen LogP) is 19.7. The summed E-state index contributed by atoms with van der Waals surface area (Å²) in [4.78, 5) is 14.0. The smallest absolute Gasteiger partial charge is 0.335 e. The molecule has 2 heterocycles. The van der Waals surface area contributed by atoms with Crippen LogP contribution in [-0.2, 0) is 9.47 Å². The van der Waals surface area contributed by atoms with Crippen LogP contribution in [-0.4, -0.2) is 43.2 Å². The Kier molecular flexibility index (Phi) is 37.8. The van der Waals surface area contributed by atoms with Gasteiger partial charge in [0.1, 0.15) is 0 Å². The molecule has 0 radical (unpaired) electrons. The molecule has 5 heteroatoms.